The Morgan fingerprint density at radius 3 is 2.89 bits per heavy atom. The van der Waals surface area contributed by atoms with Gasteiger partial charge in [-0.2, -0.15) is 0 Å². The minimum absolute atomic E-state index is 0.231. The maximum absolute atomic E-state index is 13.2. The van der Waals surface area contributed by atoms with Gasteiger partial charge in [-0.15, -0.1) is 0 Å². The number of fused-ring (bicyclic) bond motifs is 1. The molecule has 2 aromatic heterocycles. The number of rotatable bonds is 2. The topological polar surface area (TPSA) is 79.1 Å². The van der Waals surface area contributed by atoms with E-state index < -0.39 is 5.97 Å². The van der Waals surface area contributed by atoms with Gasteiger partial charge in [0.05, 0.1) is 0 Å². The summed E-state index contributed by atoms with van der Waals surface area (Å²) in [5.74, 6) is -1.75. The Labute approximate surface area is 106 Å². The van der Waals surface area contributed by atoms with Gasteiger partial charge in [0.1, 0.15) is 11.5 Å². The highest BCUT2D eigenvalue weighted by Crippen LogP contribution is 2.32. The number of hydrogen-bond acceptors (Lipinski definition) is 3. The van der Waals surface area contributed by atoms with Crippen LogP contribution in [-0.2, 0) is 0 Å². The minimum atomic E-state index is -1.18. The van der Waals surface area contributed by atoms with Crippen molar-refractivity contribution in [3.63, 3.8) is 0 Å². The molecule has 0 radical (unpaired) electrons. The van der Waals surface area contributed by atoms with Crippen LogP contribution in [0.3, 0.4) is 0 Å². The lowest BCUT2D eigenvalue weighted by Crippen LogP contribution is -1.91. The number of aromatic nitrogens is 2. The maximum atomic E-state index is 13.2. The molecule has 2 heterocycles. The number of benzene rings is 1. The summed E-state index contributed by atoms with van der Waals surface area (Å²) in [6.07, 6.45) is 0. The van der Waals surface area contributed by atoms with Gasteiger partial charge in [-0.3, -0.25) is 0 Å². The first kappa shape index (κ1) is 11.5. The molecule has 0 atom stereocenters. The maximum Gasteiger partial charge on any atom is 0.374 e. The van der Waals surface area contributed by atoms with Crippen molar-refractivity contribution in [1.29, 1.82) is 0 Å². The molecule has 0 aliphatic heterocycles. The Bertz CT molecular complexity index is 788. The Kier molecular flexibility index (Phi) is 2.38. The Morgan fingerprint density at radius 2 is 2.21 bits per heavy atom. The second-order valence-electron chi connectivity index (χ2n) is 4.20. The van der Waals surface area contributed by atoms with Crippen LogP contribution in [0.25, 0.3) is 22.2 Å². The van der Waals surface area contributed by atoms with Gasteiger partial charge in [0, 0.05) is 28.2 Å². The number of nitrogens with zero attached hydrogens (tertiary/aromatic N) is 1. The van der Waals surface area contributed by atoms with Crippen molar-refractivity contribution in [3.05, 3.63) is 41.5 Å². The number of halogens is 1. The first-order valence-corrected chi connectivity index (χ1v) is 5.54. The fraction of sp³-hybridized carbons (Fsp3) is 0.0769. The van der Waals surface area contributed by atoms with Crippen molar-refractivity contribution in [1.82, 2.24) is 10.1 Å². The van der Waals surface area contributed by atoms with Crippen molar-refractivity contribution in [2.75, 3.05) is 0 Å². The summed E-state index contributed by atoms with van der Waals surface area (Å²) < 4.78 is 17.9. The molecule has 0 aliphatic rings. The molecule has 1 aromatic carbocycles. The van der Waals surface area contributed by atoms with E-state index in [4.69, 9.17) is 9.63 Å². The highest BCUT2D eigenvalue weighted by Gasteiger charge is 2.17. The van der Waals surface area contributed by atoms with E-state index in [-0.39, 0.29) is 11.6 Å². The molecule has 3 rings (SSSR count). The van der Waals surface area contributed by atoms with Crippen LogP contribution in [-0.4, -0.2) is 21.2 Å². The van der Waals surface area contributed by atoms with E-state index in [1.807, 2.05) is 6.92 Å². The Hall–Kier alpha value is -2.63. The molecule has 0 bridgehead atoms. The van der Waals surface area contributed by atoms with Crippen LogP contribution in [0.15, 0.2) is 28.8 Å². The zero-order valence-corrected chi connectivity index (χ0v) is 9.90. The highest BCUT2D eigenvalue weighted by atomic mass is 19.1. The van der Waals surface area contributed by atoms with Crippen molar-refractivity contribution in [3.8, 4) is 11.3 Å². The molecule has 5 nitrogen and oxygen atoms in total. The summed E-state index contributed by atoms with van der Waals surface area (Å²) in [6.45, 7) is 1.81. The van der Waals surface area contributed by atoms with Crippen LogP contribution in [0.1, 0.15) is 16.2 Å². The van der Waals surface area contributed by atoms with Crippen LogP contribution in [0, 0.1) is 12.7 Å². The van der Waals surface area contributed by atoms with E-state index in [1.165, 1.54) is 18.2 Å². The normalized spacial score (nSPS) is 11.1. The molecule has 0 amide bonds. The molecule has 2 N–H and O–H groups in total. The smallest absolute Gasteiger partial charge is 0.374 e. The summed E-state index contributed by atoms with van der Waals surface area (Å²) in [7, 11) is 0. The Morgan fingerprint density at radius 1 is 1.42 bits per heavy atom. The molecule has 0 saturated heterocycles. The molecule has 96 valence electrons. The molecule has 0 saturated carbocycles. The van der Waals surface area contributed by atoms with Crippen molar-refractivity contribution in [2.45, 2.75) is 6.92 Å². The van der Waals surface area contributed by atoms with Gasteiger partial charge in [-0.25, -0.2) is 9.18 Å². The van der Waals surface area contributed by atoms with Gasteiger partial charge in [0.2, 0.25) is 5.76 Å². The summed E-state index contributed by atoms with van der Waals surface area (Å²) in [5, 5.41) is 13.3. The molecule has 0 fully saturated rings. The SMILES string of the molecule is Cc1[nH]c2cc(F)ccc2c1-c1cc(C(=O)O)on1. The number of carbonyl (C=O) groups is 1. The van der Waals surface area contributed by atoms with Gasteiger partial charge in [-0.1, -0.05) is 5.16 Å². The van der Waals surface area contributed by atoms with Crippen LogP contribution < -0.4 is 0 Å². The van der Waals surface area contributed by atoms with Crippen molar-refractivity contribution < 1.29 is 18.8 Å². The monoisotopic (exact) mass is 260 g/mol. The largest absolute Gasteiger partial charge is 0.475 e. The number of aromatic amines is 1. The number of nitrogens with one attached hydrogen (secondary N) is 1. The lowest BCUT2D eigenvalue weighted by Gasteiger charge is -1.95. The van der Waals surface area contributed by atoms with E-state index in [0.29, 0.717) is 16.8 Å². The van der Waals surface area contributed by atoms with E-state index in [0.717, 1.165) is 11.1 Å². The molecular formula is C13H9FN2O3. The van der Waals surface area contributed by atoms with Crippen molar-refractivity contribution in [2.24, 2.45) is 0 Å². The number of carboxylic acid groups (broad SMARTS) is 1. The van der Waals surface area contributed by atoms with E-state index >= 15 is 0 Å². The fourth-order valence-corrected chi connectivity index (χ4v) is 2.13. The zero-order valence-electron chi connectivity index (χ0n) is 9.90. The lowest BCUT2D eigenvalue weighted by atomic mass is 10.1. The summed E-state index contributed by atoms with van der Waals surface area (Å²) in [6, 6.07) is 5.70. The van der Waals surface area contributed by atoms with E-state index in [1.54, 1.807) is 6.07 Å². The minimum Gasteiger partial charge on any atom is -0.475 e. The number of aromatic carboxylic acids is 1. The predicted octanol–water partition coefficient (Wildman–Crippen LogP) is 2.97. The van der Waals surface area contributed by atoms with Gasteiger partial charge in [-0.05, 0) is 25.1 Å². The number of hydrogen-bond donors (Lipinski definition) is 2. The third-order valence-electron chi connectivity index (χ3n) is 2.93. The van der Waals surface area contributed by atoms with Gasteiger partial charge >= 0.3 is 5.97 Å². The number of carboxylic acids is 1. The standard InChI is InChI=1S/C13H9FN2O3/c1-6-12(10-5-11(13(17)18)19-16-10)8-3-2-7(14)4-9(8)15-6/h2-5,15H,1H3,(H,17,18). The number of H-pyrrole nitrogens is 1. The summed E-state index contributed by atoms with van der Waals surface area (Å²) in [4.78, 5) is 13.8. The second kappa shape index (κ2) is 3.94. The lowest BCUT2D eigenvalue weighted by molar-refractivity contribution is 0.0652. The van der Waals surface area contributed by atoms with E-state index in [2.05, 4.69) is 10.1 Å². The third-order valence-corrected chi connectivity index (χ3v) is 2.93. The molecule has 19 heavy (non-hydrogen) atoms. The fourth-order valence-electron chi connectivity index (χ4n) is 2.13. The molecule has 6 heteroatoms. The summed E-state index contributed by atoms with van der Waals surface area (Å²) >= 11 is 0. The molecular weight excluding hydrogens is 251 g/mol. The highest BCUT2D eigenvalue weighted by molar-refractivity contribution is 5.97. The van der Waals surface area contributed by atoms with Crippen LogP contribution in [0.5, 0.6) is 0 Å². The Balaban J connectivity index is 2.23. The van der Waals surface area contributed by atoms with Crippen molar-refractivity contribution >= 4 is 16.9 Å². The second-order valence-corrected chi connectivity index (χ2v) is 4.20. The van der Waals surface area contributed by atoms with Crippen LogP contribution in [0.2, 0.25) is 0 Å². The molecule has 3 aromatic rings. The summed E-state index contributed by atoms with van der Waals surface area (Å²) in [5.41, 5.74) is 2.53. The number of aryl methyl sites for hydroxylation is 1. The first-order valence-electron chi connectivity index (χ1n) is 5.54. The molecule has 0 unspecified atom stereocenters. The molecule has 0 spiro atoms. The zero-order chi connectivity index (χ0) is 13.6. The third kappa shape index (κ3) is 1.77. The first-order chi connectivity index (χ1) is 9.06. The van der Waals surface area contributed by atoms with E-state index in [9.17, 15) is 9.18 Å². The quantitative estimate of drug-likeness (QED) is 0.742. The average molecular weight is 260 g/mol. The van der Waals surface area contributed by atoms with Crippen LogP contribution >= 0.6 is 0 Å². The van der Waals surface area contributed by atoms with Gasteiger partial charge in [0.25, 0.3) is 0 Å². The predicted molar refractivity (Wildman–Crippen MR) is 65.5 cm³/mol. The van der Waals surface area contributed by atoms with Crippen LogP contribution in [0.4, 0.5) is 4.39 Å². The molecule has 0 aliphatic carbocycles. The van der Waals surface area contributed by atoms with Gasteiger partial charge < -0.3 is 14.6 Å². The van der Waals surface area contributed by atoms with Gasteiger partial charge in [0.15, 0.2) is 0 Å². The average Bonchev–Trinajstić information content (AvgIpc) is 2.91.